The van der Waals surface area contributed by atoms with Crippen molar-refractivity contribution in [2.24, 2.45) is 5.10 Å². The molecule has 0 aliphatic carbocycles. The molecule has 18 heavy (non-hydrogen) atoms. The van der Waals surface area contributed by atoms with Crippen LogP contribution in [0.5, 0.6) is 0 Å². The number of halogens is 1. The van der Waals surface area contributed by atoms with E-state index in [0.29, 0.717) is 23.4 Å². The van der Waals surface area contributed by atoms with Crippen LogP contribution in [0, 0.1) is 6.92 Å². The van der Waals surface area contributed by atoms with E-state index in [1.54, 1.807) is 17.3 Å². The van der Waals surface area contributed by atoms with Crippen LogP contribution in [-0.2, 0) is 4.74 Å². The zero-order chi connectivity index (χ0) is 12.5. The summed E-state index contributed by atoms with van der Waals surface area (Å²) in [6.45, 7) is 2.36. The van der Waals surface area contributed by atoms with E-state index in [0.717, 1.165) is 11.3 Å². The van der Waals surface area contributed by atoms with E-state index < -0.39 is 0 Å². The second kappa shape index (κ2) is 4.38. The molecule has 1 aliphatic rings. The van der Waals surface area contributed by atoms with Crippen LogP contribution in [0.1, 0.15) is 11.3 Å². The number of aryl methyl sites for hydroxylation is 1. The lowest BCUT2D eigenvalue weighted by molar-refractivity contribution is 0.329. The van der Waals surface area contributed by atoms with Crippen molar-refractivity contribution in [2.75, 3.05) is 11.7 Å². The summed E-state index contributed by atoms with van der Waals surface area (Å²) in [5, 5.41) is 6.88. The first-order valence-electron chi connectivity index (χ1n) is 5.53. The first-order chi connectivity index (χ1) is 8.74. The van der Waals surface area contributed by atoms with Crippen molar-refractivity contribution in [1.82, 2.24) is 0 Å². The summed E-state index contributed by atoms with van der Waals surface area (Å²) >= 11 is 5.93. The maximum Gasteiger partial charge on any atom is 0.276 e. The Morgan fingerprint density at radius 1 is 1.33 bits per heavy atom. The third-order valence-electron chi connectivity index (χ3n) is 2.70. The zero-order valence-electron chi connectivity index (χ0n) is 9.76. The highest BCUT2D eigenvalue weighted by Crippen LogP contribution is 2.26. The van der Waals surface area contributed by atoms with Crippen LogP contribution in [0.3, 0.4) is 0 Å². The maximum atomic E-state index is 5.93. The highest BCUT2D eigenvalue weighted by molar-refractivity contribution is 6.30. The minimum Gasteiger partial charge on any atom is -0.459 e. The number of anilines is 1. The molecule has 3 rings (SSSR count). The topological polar surface area (TPSA) is 38.0 Å². The zero-order valence-corrected chi connectivity index (χ0v) is 10.5. The molecule has 0 saturated carbocycles. The predicted octanol–water partition coefficient (Wildman–Crippen LogP) is 3.40. The van der Waals surface area contributed by atoms with Crippen molar-refractivity contribution in [2.45, 2.75) is 6.92 Å². The number of nitrogens with zero attached hydrogens (tertiary/aromatic N) is 2. The van der Waals surface area contributed by atoms with Crippen LogP contribution in [0.25, 0.3) is 0 Å². The lowest BCUT2D eigenvalue weighted by Crippen LogP contribution is -2.13. The molecule has 5 heteroatoms. The Morgan fingerprint density at radius 2 is 2.22 bits per heavy atom. The van der Waals surface area contributed by atoms with Crippen molar-refractivity contribution in [3.05, 3.63) is 52.9 Å². The molecule has 2 heterocycles. The highest BCUT2D eigenvalue weighted by atomic mass is 35.5. The predicted molar refractivity (Wildman–Crippen MR) is 69.9 cm³/mol. The van der Waals surface area contributed by atoms with Crippen LogP contribution in [0.4, 0.5) is 5.69 Å². The van der Waals surface area contributed by atoms with Crippen LogP contribution >= 0.6 is 11.6 Å². The normalized spacial score (nSPS) is 14.6. The molecule has 4 nitrogen and oxygen atoms in total. The molecular formula is C13H11ClN2O2. The van der Waals surface area contributed by atoms with Gasteiger partial charge in [0.15, 0.2) is 12.5 Å². The van der Waals surface area contributed by atoms with Crippen molar-refractivity contribution in [1.29, 1.82) is 0 Å². The fourth-order valence-corrected chi connectivity index (χ4v) is 2.07. The van der Waals surface area contributed by atoms with Gasteiger partial charge in [-0.15, -0.1) is 5.10 Å². The molecule has 0 radical (unpaired) electrons. The summed E-state index contributed by atoms with van der Waals surface area (Å²) in [7, 11) is 0. The number of hydrogen-bond acceptors (Lipinski definition) is 4. The van der Waals surface area contributed by atoms with Crippen LogP contribution < -0.4 is 5.01 Å². The second-order valence-corrected chi connectivity index (χ2v) is 4.42. The van der Waals surface area contributed by atoms with Gasteiger partial charge in [-0.1, -0.05) is 11.6 Å². The quantitative estimate of drug-likeness (QED) is 0.833. The van der Waals surface area contributed by atoms with Gasteiger partial charge in [-0.25, -0.2) is 5.01 Å². The molecule has 0 fully saturated rings. The molecule has 0 amide bonds. The molecule has 0 saturated heterocycles. The van der Waals surface area contributed by atoms with Gasteiger partial charge in [0.1, 0.15) is 0 Å². The molecular weight excluding hydrogens is 252 g/mol. The van der Waals surface area contributed by atoms with Crippen molar-refractivity contribution in [3.8, 4) is 0 Å². The van der Waals surface area contributed by atoms with Crippen LogP contribution in [0.2, 0.25) is 5.02 Å². The van der Waals surface area contributed by atoms with Gasteiger partial charge in [-0.2, -0.15) is 0 Å². The second-order valence-electron chi connectivity index (χ2n) is 3.99. The van der Waals surface area contributed by atoms with Gasteiger partial charge in [0, 0.05) is 5.02 Å². The molecule has 92 valence electrons. The summed E-state index contributed by atoms with van der Waals surface area (Å²) in [5.41, 5.74) is 2.02. The first kappa shape index (κ1) is 11.2. The minimum atomic E-state index is 0.374. The smallest absolute Gasteiger partial charge is 0.276 e. The third-order valence-corrected chi connectivity index (χ3v) is 2.94. The molecule has 2 aromatic rings. The first-order valence-corrected chi connectivity index (χ1v) is 5.91. The monoisotopic (exact) mass is 262 g/mol. The fourth-order valence-electron chi connectivity index (χ4n) is 1.84. The van der Waals surface area contributed by atoms with Gasteiger partial charge in [0.05, 0.1) is 12.0 Å². The summed E-state index contributed by atoms with van der Waals surface area (Å²) in [4.78, 5) is 0. The van der Waals surface area contributed by atoms with Crippen molar-refractivity contribution < 1.29 is 9.15 Å². The molecule has 1 aromatic carbocycles. The Hall–Kier alpha value is -1.94. The number of rotatable bonds is 2. The van der Waals surface area contributed by atoms with E-state index in [-0.39, 0.29) is 0 Å². The Labute approximate surface area is 109 Å². The fraction of sp³-hybridized carbons (Fsp3) is 0.154. The number of furan rings is 1. The highest BCUT2D eigenvalue weighted by Gasteiger charge is 2.21. The SMILES string of the molecule is Cc1cc(Cl)ccc1N1COC(c2ccco2)=N1. The summed E-state index contributed by atoms with van der Waals surface area (Å²) in [6.07, 6.45) is 1.59. The molecule has 0 atom stereocenters. The van der Waals surface area contributed by atoms with E-state index in [1.807, 2.05) is 31.2 Å². The molecule has 0 bridgehead atoms. The lowest BCUT2D eigenvalue weighted by atomic mass is 10.2. The molecule has 0 N–H and O–H groups in total. The van der Waals surface area contributed by atoms with Crippen LogP contribution in [0.15, 0.2) is 46.1 Å². The van der Waals surface area contributed by atoms with Gasteiger partial charge < -0.3 is 9.15 Å². The summed E-state index contributed by atoms with van der Waals surface area (Å²) < 4.78 is 10.7. The van der Waals surface area contributed by atoms with Crippen molar-refractivity contribution >= 4 is 23.2 Å². The Bertz CT molecular complexity index is 593. The lowest BCUT2D eigenvalue weighted by Gasteiger charge is -2.14. The summed E-state index contributed by atoms with van der Waals surface area (Å²) in [5.74, 6) is 1.12. The van der Waals surface area contributed by atoms with Gasteiger partial charge in [-0.05, 0) is 42.8 Å². The van der Waals surface area contributed by atoms with Gasteiger partial charge in [0.2, 0.25) is 0 Å². The molecule has 1 aliphatic heterocycles. The van der Waals surface area contributed by atoms with Crippen molar-refractivity contribution in [3.63, 3.8) is 0 Å². The van der Waals surface area contributed by atoms with E-state index >= 15 is 0 Å². The van der Waals surface area contributed by atoms with E-state index in [9.17, 15) is 0 Å². The number of hydrazone groups is 1. The van der Waals surface area contributed by atoms with Gasteiger partial charge >= 0.3 is 0 Å². The average Bonchev–Trinajstić information content (AvgIpc) is 2.99. The molecule has 0 unspecified atom stereocenters. The summed E-state index contributed by atoms with van der Waals surface area (Å²) in [6, 6.07) is 9.28. The number of ether oxygens (including phenoxy) is 1. The van der Waals surface area contributed by atoms with Gasteiger partial charge in [0.25, 0.3) is 5.90 Å². The largest absolute Gasteiger partial charge is 0.459 e. The standard InChI is InChI=1S/C13H11ClN2O2/c1-9-7-10(14)4-5-11(9)16-8-18-13(15-16)12-3-2-6-17-12/h2-7H,8H2,1H3. The minimum absolute atomic E-state index is 0.374. The Balaban J connectivity index is 1.91. The van der Waals surface area contributed by atoms with Crippen LogP contribution in [-0.4, -0.2) is 12.6 Å². The average molecular weight is 263 g/mol. The van der Waals surface area contributed by atoms with Gasteiger partial charge in [-0.3, -0.25) is 0 Å². The van der Waals surface area contributed by atoms with E-state index in [4.69, 9.17) is 20.8 Å². The molecule has 0 spiro atoms. The van der Waals surface area contributed by atoms with E-state index in [2.05, 4.69) is 5.10 Å². The number of benzene rings is 1. The van der Waals surface area contributed by atoms with E-state index in [1.165, 1.54) is 0 Å². The maximum absolute atomic E-state index is 5.93. The Kier molecular flexibility index (Phi) is 2.72. The number of hydrogen-bond donors (Lipinski definition) is 0. The molecule has 1 aromatic heterocycles. The third kappa shape index (κ3) is 1.95. The Morgan fingerprint density at radius 3 is 2.94 bits per heavy atom.